The van der Waals surface area contributed by atoms with Crippen molar-refractivity contribution in [2.45, 2.75) is 89.1 Å². The molecule has 17 heteroatoms. The number of aromatic nitrogens is 3. The van der Waals surface area contributed by atoms with Crippen LogP contribution in [0.3, 0.4) is 0 Å². The van der Waals surface area contributed by atoms with Crippen molar-refractivity contribution < 1.29 is 42.6 Å². The lowest BCUT2D eigenvalue weighted by Gasteiger charge is -2.24. The minimum absolute atomic E-state index is 0. The third-order valence-corrected chi connectivity index (χ3v) is 8.95. The number of carbonyl (C=O) groups is 4. The van der Waals surface area contributed by atoms with Crippen LogP contribution >= 0.6 is 12.4 Å². The molecule has 3 atom stereocenters. The Labute approximate surface area is 350 Å². The molecule has 4 aromatic rings. The average Bonchev–Trinajstić information content (AvgIpc) is 3.95. The van der Waals surface area contributed by atoms with Crippen LogP contribution in [0.5, 0.6) is 11.6 Å². The number of nitrogens with one attached hydrogen (secondary N) is 4. The molecular formula is C42H54ClN7O9. The van der Waals surface area contributed by atoms with Crippen molar-refractivity contribution >= 4 is 36.1 Å². The van der Waals surface area contributed by atoms with Gasteiger partial charge in [0.15, 0.2) is 5.82 Å². The summed E-state index contributed by atoms with van der Waals surface area (Å²) in [7, 11) is 3.03. The van der Waals surface area contributed by atoms with Gasteiger partial charge in [0, 0.05) is 25.1 Å². The Balaban J connectivity index is 0.00000769. The Kier molecular flexibility index (Phi) is 17.6. The van der Waals surface area contributed by atoms with Crippen LogP contribution in [0.15, 0.2) is 77.4 Å². The highest BCUT2D eigenvalue weighted by atomic mass is 35.5. The molecule has 0 aliphatic heterocycles. The van der Waals surface area contributed by atoms with Crippen LogP contribution in [0.2, 0.25) is 0 Å². The van der Waals surface area contributed by atoms with Gasteiger partial charge in [0.25, 0.3) is 5.91 Å². The van der Waals surface area contributed by atoms with Gasteiger partial charge in [-0.15, -0.1) is 12.4 Å². The second-order valence-electron chi connectivity index (χ2n) is 14.9. The van der Waals surface area contributed by atoms with Crippen LogP contribution < -0.4 is 30.7 Å². The van der Waals surface area contributed by atoms with Crippen LogP contribution in [0.25, 0.3) is 0 Å². The molecule has 5 rings (SSSR count). The number of halogens is 1. The van der Waals surface area contributed by atoms with Gasteiger partial charge in [-0.05, 0) is 64.3 Å². The van der Waals surface area contributed by atoms with Gasteiger partial charge >= 0.3 is 5.97 Å². The number of rotatable bonds is 22. The van der Waals surface area contributed by atoms with Crippen molar-refractivity contribution in [1.29, 1.82) is 0 Å². The van der Waals surface area contributed by atoms with Gasteiger partial charge in [-0.3, -0.25) is 19.2 Å². The molecule has 0 radical (unpaired) electrons. The summed E-state index contributed by atoms with van der Waals surface area (Å²) in [4.78, 5) is 62.7. The lowest BCUT2D eigenvalue weighted by atomic mass is 10.1. The fourth-order valence-electron chi connectivity index (χ4n) is 5.89. The van der Waals surface area contributed by atoms with E-state index in [1.807, 2.05) is 60.7 Å². The van der Waals surface area contributed by atoms with Crippen molar-refractivity contribution in [3.05, 3.63) is 101 Å². The van der Waals surface area contributed by atoms with Gasteiger partial charge in [-0.1, -0.05) is 65.8 Å². The summed E-state index contributed by atoms with van der Waals surface area (Å²) in [5, 5.41) is 15.5. The van der Waals surface area contributed by atoms with E-state index in [4.69, 9.17) is 23.5 Å². The zero-order valence-electron chi connectivity index (χ0n) is 34.0. The number of pyridine rings is 1. The molecule has 1 aliphatic rings. The first-order valence-electron chi connectivity index (χ1n) is 19.3. The number of esters is 1. The Hall–Kier alpha value is -5.58. The highest BCUT2D eigenvalue weighted by Crippen LogP contribution is 2.38. The predicted octanol–water partition coefficient (Wildman–Crippen LogP) is 3.87. The van der Waals surface area contributed by atoms with Crippen LogP contribution in [0.4, 0.5) is 0 Å². The Morgan fingerprint density at radius 1 is 0.898 bits per heavy atom. The molecule has 0 unspecified atom stereocenters. The third-order valence-electron chi connectivity index (χ3n) is 8.95. The summed E-state index contributed by atoms with van der Waals surface area (Å²) in [6, 6.07) is 18.2. The summed E-state index contributed by atoms with van der Waals surface area (Å²) < 4.78 is 28.3. The van der Waals surface area contributed by atoms with Gasteiger partial charge in [-0.2, -0.15) is 4.98 Å². The second-order valence-corrected chi connectivity index (χ2v) is 14.9. The molecule has 59 heavy (non-hydrogen) atoms. The molecule has 4 N–H and O–H groups in total. The number of amides is 3. The molecule has 2 heterocycles. The maximum absolute atomic E-state index is 14.1. The minimum Gasteiger partial charge on any atom is -0.490 e. The van der Waals surface area contributed by atoms with E-state index in [0.717, 1.165) is 24.0 Å². The third kappa shape index (κ3) is 14.9. The standard InChI is InChI=1S/C42H53N7O9.ClH/c1-42(2,3)57-35(50)23-31(38(51)44-21-19-34-48-37(49-58-34)29-16-17-29)47-40(53)36-33(18-20-45-41(36)54-5)56-25-30(22-27-12-8-6-9-13-27)46-39(52)32(43-4)26-55-24-28-14-10-7-11-15-28;/h6-15,18,20,29-32,43H,16-17,19,21-26H2,1-5H3,(H,44,51)(H,46,52)(H,47,53);1H/t30-,31+,32-;/m1./s1. The largest absolute Gasteiger partial charge is 0.490 e. The SMILES string of the molecule is CN[C@H](COCc1ccccc1)C(=O)N[C@@H](COc1ccnc(OC)c1C(=O)N[C@@H](CC(=O)OC(C)(C)C)C(=O)NCCc1nc(C2CC2)no1)Cc1ccccc1.Cl. The van der Waals surface area contributed by atoms with Crippen molar-refractivity contribution in [2.75, 3.05) is 33.9 Å². The minimum atomic E-state index is -1.35. The number of hydrogen-bond acceptors (Lipinski definition) is 13. The molecule has 1 fully saturated rings. The highest BCUT2D eigenvalue weighted by Gasteiger charge is 2.32. The molecule has 2 aromatic heterocycles. The van der Waals surface area contributed by atoms with E-state index in [1.165, 1.54) is 19.4 Å². The van der Waals surface area contributed by atoms with Gasteiger partial charge in [0.05, 0.1) is 32.8 Å². The number of benzene rings is 2. The van der Waals surface area contributed by atoms with Crippen LogP contribution in [-0.4, -0.2) is 96.5 Å². The lowest BCUT2D eigenvalue weighted by molar-refractivity contribution is -0.156. The number of methoxy groups -OCH3 is 1. The first-order valence-corrected chi connectivity index (χ1v) is 19.3. The van der Waals surface area contributed by atoms with E-state index in [2.05, 4.69) is 36.4 Å². The van der Waals surface area contributed by atoms with E-state index < -0.39 is 47.9 Å². The molecule has 0 spiro atoms. The quantitative estimate of drug-likeness (QED) is 0.0832. The molecule has 318 valence electrons. The number of nitrogens with zero attached hydrogens (tertiary/aromatic N) is 3. The molecule has 2 aromatic carbocycles. The van der Waals surface area contributed by atoms with E-state index in [0.29, 0.717) is 30.7 Å². The van der Waals surface area contributed by atoms with Gasteiger partial charge in [0.1, 0.15) is 35.6 Å². The van der Waals surface area contributed by atoms with Crippen LogP contribution in [0, 0.1) is 0 Å². The highest BCUT2D eigenvalue weighted by molar-refractivity contribution is 6.02. The number of carbonyl (C=O) groups excluding carboxylic acids is 4. The molecule has 1 aliphatic carbocycles. The lowest BCUT2D eigenvalue weighted by Crippen LogP contribution is -2.51. The normalized spacial score (nSPS) is 13.8. The molecule has 3 amide bonds. The summed E-state index contributed by atoms with van der Waals surface area (Å²) >= 11 is 0. The summed E-state index contributed by atoms with van der Waals surface area (Å²) in [5.41, 5.74) is 0.986. The fourth-order valence-corrected chi connectivity index (χ4v) is 5.89. The van der Waals surface area contributed by atoms with Crippen molar-refractivity contribution in [1.82, 2.24) is 36.4 Å². The molecular weight excluding hydrogens is 782 g/mol. The zero-order valence-corrected chi connectivity index (χ0v) is 34.8. The van der Waals surface area contributed by atoms with E-state index >= 15 is 0 Å². The van der Waals surface area contributed by atoms with Crippen molar-refractivity contribution in [3.8, 4) is 11.6 Å². The van der Waals surface area contributed by atoms with Crippen LogP contribution in [0.1, 0.15) is 79.2 Å². The smallest absolute Gasteiger partial charge is 0.308 e. The number of likely N-dealkylation sites (N-methyl/N-ethyl adjacent to an activating group) is 1. The van der Waals surface area contributed by atoms with Gasteiger partial charge in [0.2, 0.25) is 23.6 Å². The molecule has 0 saturated heterocycles. The monoisotopic (exact) mass is 835 g/mol. The van der Waals surface area contributed by atoms with Gasteiger partial charge < -0.3 is 44.7 Å². The summed E-state index contributed by atoms with van der Waals surface area (Å²) in [5.74, 6) is -1.09. The topological polar surface area (TPSA) is 205 Å². The number of ether oxygens (including phenoxy) is 4. The first kappa shape index (κ1) is 46.1. The van der Waals surface area contributed by atoms with Crippen LogP contribution in [-0.2, 0) is 43.3 Å². The summed E-state index contributed by atoms with van der Waals surface area (Å²) in [6.45, 7) is 5.63. The molecule has 1 saturated carbocycles. The van der Waals surface area contributed by atoms with E-state index in [9.17, 15) is 19.2 Å². The Morgan fingerprint density at radius 2 is 1.59 bits per heavy atom. The summed E-state index contributed by atoms with van der Waals surface area (Å²) in [6.07, 6.45) is 3.64. The molecule has 16 nitrogen and oxygen atoms in total. The van der Waals surface area contributed by atoms with E-state index in [-0.39, 0.29) is 61.7 Å². The van der Waals surface area contributed by atoms with E-state index in [1.54, 1.807) is 27.8 Å². The average molecular weight is 836 g/mol. The van der Waals surface area contributed by atoms with Gasteiger partial charge in [-0.25, -0.2) is 4.98 Å². The van der Waals surface area contributed by atoms with Crippen molar-refractivity contribution in [3.63, 3.8) is 0 Å². The fraction of sp³-hybridized carbons (Fsp3) is 0.452. The molecule has 0 bridgehead atoms. The predicted molar refractivity (Wildman–Crippen MR) is 219 cm³/mol. The first-order chi connectivity index (χ1) is 27.9. The Bertz CT molecular complexity index is 1960. The number of hydrogen-bond donors (Lipinski definition) is 4. The second kappa shape index (κ2) is 22.5. The zero-order chi connectivity index (χ0) is 41.5. The maximum Gasteiger partial charge on any atom is 0.308 e. The Morgan fingerprint density at radius 3 is 2.24 bits per heavy atom. The van der Waals surface area contributed by atoms with Crippen molar-refractivity contribution in [2.24, 2.45) is 0 Å². The maximum atomic E-state index is 14.1.